The monoisotopic (exact) mass is 244 g/mol. The van der Waals surface area contributed by atoms with Crippen LogP contribution in [-0.4, -0.2) is 9.97 Å². The van der Waals surface area contributed by atoms with Gasteiger partial charge in [0.15, 0.2) is 0 Å². The van der Waals surface area contributed by atoms with Crippen LogP contribution in [-0.2, 0) is 6.54 Å². The van der Waals surface area contributed by atoms with E-state index in [0.29, 0.717) is 23.1 Å². The highest BCUT2D eigenvalue weighted by molar-refractivity contribution is 6.30. The van der Waals surface area contributed by atoms with Crippen LogP contribution < -0.4 is 5.32 Å². The molecule has 0 aliphatic carbocycles. The van der Waals surface area contributed by atoms with Crippen molar-refractivity contribution in [2.75, 3.05) is 5.32 Å². The lowest BCUT2D eigenvalue weighted by Crippen LogP contribution is -2.02. The maximum Gasteiger partial charge on any atom is 0.145 e. The molecule has 1 N–H and O–H groups in total. The molecule has 0 fully saturated rings. The van der Waals surface area contributed by atoms with Crippen LogP contribution in [0.25, 0.3) is 0 Å². The summed E-state index contributed by atoms with van der Waals surface area (Å²) >= 11 is 5.79. The Morgan fingerprint density at radius 3 is 2.71 bits per heavy atom. The number of benzene rings is 1. The Morgan fingerprint density at radius 2 is 2.00 bits per heavy atom. The van der Waals surface area contributed by atoms with Gasteiger partial charge in [0.05, 0.1) is 0 Å². The van der Waals surface area contributed by atoms with E-state index in [-0.39, 0.29) is 0 Å². The summed E-state index contributed by atoms with van der Waals surface area (Å²) in [6, 6.07) is 11.1. The van der Waals surface area contributed by atoms with Crippen molar-refractivity contribution in [1.29, 1.82) is 5.26 Å². The third-order valence-electron chi connectivity index (χ3n) is 2.17. The lowest BCUT2D eigenvalue weighted by molar-refractivity contribution is 1.07. The summed E-state index contributed by atoms with van der Waals surface area (Å²) in [6.07, 6.45) is 1.36. The van der Waals surface area contributed by atoms with Gasteiger partial charge in [-0.05, 0) is 17.7 Å². The first-order chi connectivity index (χ1) is 8.28. The maximum atomic E-state index is 8.70. The Hall–Kier alpha value is -2.12. The molecule has 1 aromatic heterocycles. The molecule has 2 rings (SSSR count). The highest BCUT2D eigenvalue weighted by Crippen LogP contribution is 2.11. The van der Waals surface area contributed by atoms with Crippen molar-refractivity contribution in [1.82, 2.24) is 9.97 Å². The standard InChI is InChI=1S/C12H9ClN4/c13-10-3-1-9(2-4-10)7-15-12-5-11(6-14)16-8-17-12/h1-5,8H,7H2,(H,15,16,17). The number of halogens is 1. The Balaban J connectivity index is 2.02. The van der Waals surface area contributed by atoms with E-state index in [4.69, 9.17) is 16.9 Å². The zero-order valence-electron chi connectivity index (χ0n) is 8.89. The van der Waals surface area contributed by atoms with Gasteiger partial charge in [0.1, 0.15) is 23.9 Å². The summed E-state index contributed by atoms with van der Waals surface area (Å²) in [4.78, 5) is 7.82. The molecular formula is C12H9ClN4. The molecule has 0 aliphatic heterocycles. The van der Waals surface area contributed by atoms with Crippen LogP contribution in [0.15, 0.2) is 36.7 Å². The van der Waals surface area contributed by atoms with Crippen molar-refractivity contribution in [3.63, 3.8) is 0 Å². The Labute approximate surface area is 104 Å². The molecule has 2 aromatic rings. The van der Waals surface area contributed by atoms with Crippen LogP contribution in [0, 0.1) is 11.3 Å². The highest BCUT2D eigenvalue weighted by atomic mass is 35.5. The van der Waals surface area contributed by atoms with Gasteiger partial charge in [0.25, 0.3) is 0 Å². The maximum absolute atomic E-state index is 8.70. The normalized spacial score (nSPS) is 9.65. The molecule has 0 spiro atoms. The first-order valence-electron chi connectivity index (χ1n) is 4.98. The molecule has 0 radical (unpaired) electrons. The number of anilines is 1. The van der Waals surface area contributed by atoms with Crippen LogP contribution in [0.1, 0.15) is 11.3 Å². The van der Waals surface area contributed by atoms with Gasteiger partial charge < -0.3 is 5.32 Å². The molecule has 0 saturated carbocycles. The average molecular weight is 245 g/mol. The van der Waals surface area contributed by atoms with Gasteiger partial charge in [0, 0.05) is 17.6 Å². The van der Waals surface area contributed by atoms with Crippen LogP contribution in [0.2, 0.25) is 5.02 Å². The quantitative estimate of drug-likeness (QED) is 0.902. The van der Waals surface area contributed by atoms with Gasteiger partial charge in [-0.15, -0.1) is 0 Å². The number of hydrogen-bond donors (Lipinski definition) is 1. The molecule has 1 heterocycles. The summed E-state index contributed by atoms with van der Waals surface area (Å²) in [5.41, 5.74) is 1.44. The van der Waals surface area contributed by atoms with Crippen molar-refractivity contribution >= 4 is 17.4 Å². The van der Waals surface area contributed by atoms with E-state index in [9.17, 15) is 0 Å². The molecule has 0 aliphatic rings. The van der Waals surface area contributed by atoms with Gasteiger partial charge in [-0.2, -0.15) is 5.26 Å². The van der Waals surface area contributed by atoms with E-state index in [0.717, 1.165) is 5.56 Å². The Bertz CT molecular complexity index is 545. The van der Waals surface area contributed by atoms with Gasteiger partial charge in [0.2, 0.25) is 0 Å². The van der Waals surface area contributed by atoms with Gasteiger partial charge >= 0.3 is 0 Å². The van der Waals surface area contributed by atoms with Crippen molar-refractivity contribution in [3.05, 3.63) is 52.9 Å². The minimum Gasteiger partial charge on any atom is -0.366 e. The lowest BCUT2D eigenvalue weighted by atomic mass is 10.2. The highest BCUT2D eigenvalue weighted by Gasteiger charge is 1.98. The zero-order valence-corrected chi connectivity index (χ0v) is 9.65. The third kappa shape index (κ3) is 3.16. The number of aromatic nitrogens is 2. The molecular weight excluding hydrogens is 236 g/mol. The third-order valence-corrected chi connectivity index (χ3v) is 2.42. The van der Waals surface area contributed by atoms with Crippen molar-refractivity contribution in [3.8, 4) is 6.07 Å². The van der Waals surface area contributed by atoms with Gasteiger partial charge in [-0.1, -0.05) is 23.7 Å². The minimum absolute atomic E-state index is 0.346. The second-order valence-corrected chi connectivity index (χ2v) is 3.82. The van der Waals surface area contributed by atoms with Crippen molar-refractivity contribution in [2.45, 2.75) is 6.54 Å². The van der Waals surface area contributed by atoms with Crippen LogP contribution in [0.3, 0.4) is 0 Å². The van der Waals surface area contributed by atoms with Crippen LogP contribution in [0.5, 0.6) is 0 Å². The first kappa shape index (κ1) is 11.4. The van der Waals surface area contributed by atoms with E-state index in [1.165, 1.54) is 6.33 Å². The predicted octanol–water partition coefficient (Wildman–Crippen LogP) is 2.61. The molecule has 0 amide bonds. The summed E-state index contributed by atoms with van der Waals surface area (Å²) in [5.74, 6) is 0.631. The number of rotatable bonds is 3. The van der Waals surface area contributed by atoms with Gasteiger partial charge in [-0.25, -0.2) is 9.97 Å². The van der Waals surface area contributed by atoms with Crippen molar-refractivity contribution < 1.29 is 0 Å². The molecule has 17 heavy (non-hydrogen) atoms. The number of nitriles is 1. The fraction of sp³-hybridized carbons (Fsp3) is 0.0833. The fourth-order valence-corrected chi connectivity index (χ4v) is 1.44. The zero-order chi connectivity index (χ0) is 12.1. The number of nitrogens with zero attached hydrogens (tertiary/aromatic N) is 3. The van der Waals surface area contributed by atoms with Crippen LogP contribution in [0.4, 0.5) is 5.82 Å². The smallest absolute Gasteiger partial charge is 0.145 e. The van der Waals surface area contributed by atoms with Gasteiger partial charge in [-0.3, -0.25) is 0 Å². The average Bonchev–Trinajstić information content (AvgIpc) is 2.38. The molecule has 4 nitrogen and oxygen atoms in total. The molecule has 0 atom stereocenters. The van der Waals surface area contributed by atoms with Crippen molar-refractivity contribution in [2.24, 2.45) is 0 Å². The summed E-state index contributed by atoms with van der Waals surface area (Å²) in [6.45, 7) is 0.624. The second kappa shape index (κ2) is 5.28. The largest absolute Gasteiger partial charge is 0.366 e. The summed E-state index contributed by atoms with van der Waals surface area (Å²) < 4.78 is 0. The Morgan fingerprint density at radius 1 is 1.24 bits per heavy atom. The van der Waals surface area contributed by atoms with E-state index in [2.05, 4.69) is 15.3 Å². The van der Waals surface area contributed by atoms with Crippen LogP contribution >= 0.6 is 11.6 Å². The molecule has 0 saturated heterocycles. The molecule has 84 valence electrons. The molecule has 1 aromatic carbocycles. The lowest BCUT2D eigenvalue weighted by Gasteiger charge is -2.05. The summed E-state index contributed by atoms with van der Waals surface area (Å²) in [5, 5.41) is 12.5. The van der Waals surface area contributed by atoms with E-state index >= 15 is 0 Å². The van der Waals surface area contributed by atoms with E-state index < -0.39 is 0 Å². The minimum atomic E-state index is 0.346. The van der Waals surface area contributed by atoms with E-state index in [1.807, 2.05) is 30.3 Å². The summed E-state index contributed by atoms with van der Waals surface area (Å²) in [7, 11) is 0. The SMILES string of the molecule is N#Cc1cc(NCc2ccc(Cl)cc2)ncn1. The van der Waals surface area contributed by atoms with E-state index in [1.54, 1.807) is 6.07 Å². The Kier molecular flexibility index (Phi) is 3.53. The molecule has 5 heteroatoms. The second-order valence-electron chi connectivity index (χ2n) is 3.38. The molecule has 0 unspecified atom stereocenters. The number of nitrogens with one attached hydrogen (secondary N) is 1. The topological polar surface area (TPSA) is 61.6 Å². The number of hydrogen-bond acceptors (Lipinski definition) is 4. The molecule has 0 bridgehead atoms. The first-order valence-corrected chi connectivity index (χ1v) is 5.36. The predicted molar refractivity (Wildman–Crippen MR) is 65.5 cm³/mol. The fourth-order valence-electron chi connectivity index (χ4n) is 1.31.